The number of aryl methyl sites for hydroxylation is 1. The van der Waals surface area contributed by atoms with Crippen molar-refractivity contribution in [2.75, 3.05) is 11.9 Å². The van der Waals surface area contributed by atoms with E-state index in [1.54, 1.807) is 30.7 Å². The Morgan fingerprint density at radius 1 is 1.03 bits per heavy atom. The van der Waals surface area contributed by atoms with Crippen LogP contribution in [0.4, 0.5) is 14.5 Å². The molecule has 5 aromatic rings. The number of amides is 1. The van der Waals surface area contributed by atoms with E-state index in [0.717, 1.165) is 20.2 Å². The van der Waals surface area contributed by atoms with E-state index in [1.165, 1.54) is 48.7 Å². The van der Waals surface area contributed by atoms with Crippen LogP contribution in [-0.4, -0.2) is 33.3 Å². The van der Waals surface area contributed by atoms with E-state index in [-0.39, 0.29) is 17.9 Å². The number of thiophene rings is 1. The zero-order valence-electron chi connectivity index (χ0n) is 20.5. The molecule has 0 atom stereocenters. The monoisotopic (exact) mass is 532 g/mol. The first-order valence-corrected chi connectivity index (χ1v) is 12.5. The summed E-state index contributed by atoms with van der Waals surface area (Å²) in [6.07, 6.45) is 4.62. The van der Waals surface area contributed by atoms with Crippen LogP contribution < -0.4 is 9.64 Å². The average Bonchev–Trinajstić information content (AvgIpc) is 3.52. The van der Waals surface area contributed by atoms with Crippen LogP contribution >= 0.6 is 11.3 Å². The number of ether oxygens (including phenoxy) is 1. The highest BCUT2D eigenvalue weighted by atomic mass is 32.1. The first-order valence-electron chi connectivity index (χ1n) is 11.6. The van der Waals surface area contributed by atoms with Gasteiger partial charge in [-0.25, -0.2) is 13.8 Å². The van der Waals surface area contributed by atoms with E-state index in [9.17, 15) is 18.4 Å². The third-order valence-corrected chi connectivity index (χ3v) is 7.05. The van der Waals surface area contributed by atoms with E-state index in [1.807, 2.05) is 23.9 Å². The summed E-state index contributed by atoms with van der Waals surface area (Å²) in [5.41, 5.74) is 2.00. The number of carbonyl (C=O) groups is 2. The second-order valence-electron chi connectivity index (χ2n) is 8.72. The molecule has 7 nitrogen and oxygen atoms in total. The van der Waals surface area contributed by atoms with Gasteiger partial charge < -0.3 is 14.2 Å². The van der Waals surface area contributed by atoms with Gasteiger partial charge in [0.05, 0.1) is 39.2 Å². The second kappa shape index (κ2) is 10.5. The molecule has 0 saturated heterocycles. The number of imidazole rings is 1. The number of aromatic nitrogens is 3. The second-order valence-corrected chi connectivity index (χ2v) is 9.77. The predicted octanol–water partition coefficient (Wildman–Crippen LogP) is 5.93. The maximum Gasteiger partial charge on any atom is 0.234 e. The third-order valence-electron chi connectivity index (χ3n) is 5.89. The van der Waals surface area contributed by atoms with Gasteiger partial charge in [-0.1, -0.05) is 18.2 Å². The highest BCUT2D eigenvalue weighted by molar-refractivity contribution is 7.22. The van der Waals surface area contributed by atoms with Crippen molar-refractivity contribution >= 4 is 38.9 Å². The number of pyridine rings is 1. The summed E-state index contributed by atoms with van der Waals surface area (Å²) in [5.74, 6) is -1.72. The summed E-state index contributed by atoms with van der Waals surface area (Å²) >= 11 is 1.44. The number of anilines is 1. The fraction of sp³-hybridized carbons (Fsp3) is 0.143. The first-order chi connectivity index (χ1) is 18.3. The highest BCUT2D eigenvalue weighted by Crippen LogP contribution is 2.39. The maximum absolute atomic E-state index is 14.9. The van der Waals surface area contributed by atoms with Crippen LogP contribution in [0.25, 0.3) is 20.8 Å². The van der Waals surface area contributed by atoms with E-state index in [0.29, 0.717) is 16.8 Å². The Bertz CT molecular complexity index is 1660. The molecule has 2 aromatic carbocycles. The van der Waals surface area contributed by atoms with Gasteiger partial charge >= 0.3 is 0 Å². The van der Waals surface area contributed by atoms with Gasteiger partial charge in [0, 0.05) is 39.0 Å². The van der Waals surface area contributed by atoms with Gasteiger partial charge in [-0.3, -0.25) is 14.6 Å². The van der Waals surface area contributed by atoms with Crippen molar-refractivity contribution in [2.45, 2.75) is 12.8 Å². The first kappa shape index (κ1) is 25.2. The lowest BCUT2D eigenvalue weighted by atomic mass is 10.1. The molecule has 0 N–H and O–H groups in total. The molecule has 0 aliphatic rings. The Kier molecular flexibility index (Phi) is 6.97. The Morgan fingerprint density at radius 2 is 1.84 bits per heavy atom. The number of carbonyl (C=O) groups excluding carboxylic acids is 2. The average molecular weight is 533 g/mol. The molecule has 0 unspecified atom stereocenters. The van der Waals surface area contributed by atoms with Gasteiger partial charge in [0.2, 0.25) is 5.91 Å². The summed E-state index contributed by atoms with van der Waals surface area (Å²) in [4.78, 5) is 35.7. The van der Waals surface area contributed by atoms with Crippen LogP contribution in [0.3, 0.4) is 0 Å². The summed E-state index contributed by atoms with van der Waals surface area (Å²) < 4.78 is 37.4. The molecule has 0 aliphatic carbocycles. The zero-order valence-corrected chi connectivity index (χ0v) is 21.3. The lowest BCUT2D eigenvalue weighted by Gasteiger charge is -2.17. The molecule has 0 bridgehead atoms. The van der Waals surface area contributed by atoms with Gasteiger partial charge in [-0.15, -0.1) is 11.3 Å². The van der Waals surface area contributed by atoms with E-state index in [2.05, 4.69) is 9.97 Å². The minimum absolute atomic E-state index is 0.00292. The third kappa shape index (κ3) is 5.30. The SMILES string of the molecule is CN(C(=O)CC(=O)Cc1ccc(Oc2ccnc3cc(-c4cn(C)cn4)sc23)c(F)c1)c1ccccc1F. The van der Waals surface area contributed by atoms with Crippen LogP contribution in [0.2, 0.25) is 0 Å². The van der Waals surface area contributed by atoms with E-state index >= 15 is 0 Å². The fourth-order valence-corrected chi connectivity index (χ4v) is 4.98. The summed E-state index contributed by atoms with van der Waals surface area (Å²) in [7, 11) is 3.29. The number of hydrogen-bond acceptors (Lipinski definition) is 6. The van der Waals surface area contributed by atoms with Crippen LogP contribution in [0.5, 0.6) is 11.5 Å². The molecule has 0 radical (unpaired) electrons. The minimum Gasteiger partial charge on any atom is -0.453 e. The van der Waals surface area contributed by atoms with Crippen molar-refractivity contribution in [1.29, 1.82) is 0 Å². The Morgan fingerprint density at radius 3 is 2.58 bits per heavy atom. The van der Waals surface area contributed by atoms with Gasteiger partial charge in [-0.05, 0) is 35.9 Å². The Labute approximate surface area is 221 Å². The minimum atomic E-state index is -0.642. The van der Waals surface area contributed by atoms with Crippen LogP contribution in [0.1, 0.15) is 12.0 Å². The molecule has 0 saturated carbocycles. The van der Waals surface area contributed by atoms with Crippen LogP contribution in [0.15, 0.2) is 73.3 Å². The summed E-state index contributed by atoms with van der Waals surface area (Å²) in [5, 5.41) is 0. The molecule has 3 heterocycles. The lowest BCUT2D eigenvalue weighted by molar-refractivity contribution is -0.126. The van der Waals surface area contributed by atoms with Crippen molar-refractivity contribution < 1.29 is 23.1 Å². The van der Waals surface area contributed by atoms with Crippen LogP contribution in [-0.2, 0) is 23.1 Å². The summed E-state index contributed by atoms with van der Waals surface area (Å²) in [6, 6.07) is 13.6. The smallest absolute Gasteiger partial charge is 0.234 e. The number of fused-ring (bicyclic) bond motifs is 1. The Balaban J connectivity index is 1.27. The van der Waals surface area contributed by atoms with Crippen molar-refractivity contribution in [1.82, 2.24) is 14.5 Å². The molecular formula is C28H22F2N4O3S. The topological polar surface area (TPSA) is 77.3 Å². The number of hydrogen-bond donors (Lipinski definition) is 0. The lowest BCUT2D eigenvalue weighted by Crippen LogP contribution is -2.29. The molecule has 0 spiro atoms. The molecule has 10 heteroatoms. The zero-order chi connectivity index (χ0) is 26.8. The fourth-order valence-electron chi connectivity index (χ4n) is 3.95. The number of benzene rings is 2. The molecule has 1 amide bonds. The number of nitrogens with zero attached hydrogens (tertiary/aromatic N) is 4. The standard InChI is InChI=1S/C28H22F2N4O3S/c1-33-15-22(32-16-33)26-14-21-28(38-26)25(9-10-31-21)37-24-8-7-17(12-20(24)30)11-18(35)13-27(36)34(2)23-6-4-3-5-19(23)29/h3-10,12,14-16H,11,13H2,1-2H3. The molecule has 0 aliphatic heterocycles. The number of Topliss-reactive ketones (excluding diaryl/α,β-unsaturated/α-hetero) is 1. The Hall–Kier alpha value is -4.44. The van der Waals surface area contributed by atoms with E-state index < -0.39 is 29.7 Å². The number of halogens is 2. The van der Waals surface area contributed by atoms with Gasteiger partial charge in [0.15, 0.2) is 11.6 Å². The number of rotatable bonds is 8. The molecule has 3 aromatic heterocycles. The molecule has 192 valence electrons. The highest BCUT2D eigenvalue weighted by Gasteiger charge is 2.19. The molecule has 38 heavy (non-hydrogen) atoms. The van der Waals surface area contributed by atoms with Gasteiger partial charge in [-0.2, -0.15) is 0 Å². The summed E-state index contributed by atoms with van der Waals surface area (Å²) in [6.45, 7) is 0. The van der Waals surface area contributed by atoms with E-state index in [4.69, 9.17) is 4.74 Å². The molecule has 0 fully saturated rings. The van der Waals surface area contributed by atoms with Crippen molar-refractivity contribution in [3.05, 3.63) is 90.5 Å². The van der Waals surface area contributed by atoms with Crippen molar-refractivity contribution in [2.24, 2.45) is 7.05 Å². The molecular weight excluding hydrogens is 510 g/mol. The van der Waals surface area contributed by atoms with Crippen molar-refractivity contribution in [3.63, 3.8) is 0 Å². The predicted molar refractivity (Wildman–Crippen MR) is 141 cm³/mol. The van der Waals surface area contributed by atoms with Gasteiger partial charge in [0.1, 0.15) is 17.3 Å². The normalized spacial score (nSPS) is 11.1. The quantitative estimate of drug-likeness (QED) is 0.232. The largest absolute Gasteiger partial charge is 0.453 e. The number of ketones is 1. The number of para-hydroxylation sites is 1. The van der Waals surface area contributed by atoms with Gasteiger partial charge in [0.25, 0.3) is 0 Å². The van der Waals surface area contributed by atoms with Crippen molar-refractivity contribution in [3.8, 4) is 22.1 Å². The van der Waals surface area contributed by atoms with Crippen LogP contribution in [0, 0.1) is 11.6 Å². The maximum atomic E-state index is 14.9. The molecule has 5 rings (SSSR count).